The largest absolute Gasteiger partial charge is 0.369 e. The fourth-order valence-corrected chi connectivity index (χ4v) is 5.35. The molecule has 2 bridgehead atoms. The molecule has 3 saturated heterocycles. The number of nitrogens with zero attached hydrogens (tertiary/aromatic N) is 1. The van der Waals surface area contributed by atoms with Crippen molar-refractivity contribution >= 4 is 11.8 Å². The number of likely N-dealkylation sites (tertiary alicyclic amines) is 1. The fourth-order valence-electron chi connectivity index (χ4n) is 5.35. The lowest BCUT2D eigenvalue weighted by atomic mass is 9.73. The Morgan fingerprint density at radius 2 is 1.93 bits per heavy atom. The van der Waals surface area contributed by atoms with Crippen LogP contribution in [0.1, 0.15) is 42.5 Å². The summed E-state index contributed by atoms with van der Waals surface area (Å²) in [7, 11) is 0. The Balaban J connectivity index is 1.24. The number of hydrogen-bond donors (Lipinski definition) is 1. The summed E-state index contributed by atoms with van der Waals surface area (Å²) in [6.45, 7) is 1.72. The molecule has 7 heteroatoms. The number of amides is 2. The molecular formula is C21H24F2N2O3. The van der Waals surface area contributed by atoms with Crippen LogP contribution >= 0.6 is 0 Å². The zero-order valence-corrected chi connectivity index (χ0v) is 15.6. The first-order chi connectivity index (χ1) is 13.4. The second kappa shape index (κ2) is 6.51. The van der Waals surface area contributed by atoms with Crippen LogP contribution in [0.25, 0.3) is 0 Å². The van der Waals surface area contributed by atoms with E-state index in [1.54, 1.807) is 0 Å². The van der Waals surface area contributed by atoms with Gasteiger partial charge in [-0.25, -0.2) is 8.78 Å². The zero-order chi connectivity index (χ0) is 19.5. The molecule has 4 fully saturated rings. The first kappa shape index (κ1) is 18.0. The number of carbonyl (C=O) groups excluding carboxylic acids is 2. The highest BCUT2D eigenvalue weighted by atomic mass is 19.1. The van der Waals surface area contributed by atoms with Crippen LogP contribution in [0.5, 0.6) is 0 Å². The topological polar surface area (TPSA) is 58.6 Å². The minimum atomic E-state index is -0.770. The van der Waals surface area contributed by atoms with E-state index in [9.17, 15) is 18.4 Å². The first-order valence-electron chi connectivity index (χ1n) is 10.1. The number of hydrogen-bond acceptors (Lipinski definition) is 3. The van der Waals surface area contributed by atoms with Crippen LogP contribution in [0.15, 0.2) is 18.2 Å². The van der Waals surface area contributed by atoms with Gasteiger partial charge in [0.1, 0.15) is 11.6 Å². The highest BCUT2D eigenvalue weighted by Crippen LogP contribution is 2.54. The number of benzene rings is 1. The third kappa shape index (κ3) is 3.09. The first-order valence-corrected chi connectivity index (χ1v) is 10.1. The monoisotopic (exact) mass is 390 g/mol. The van der Waals surface area contributed by atoms with Crippen LogP contribution in [0, 0.1) is 29.4 Å². The maximum absolute atomic E-state index is 13.4. The van der Waals surface area contributed by atoms with Crippen LogP contribution < -0.4 is 5.32 Å². The predicted octanol–water partition coefficient (Wildman–Crippen LogP) is 2.50. The van der Waals surface area contributed by atoms with Crippen LogP contribution in [-0.4, -0.2) is 48.1 Å². The molecule has 0 aromatic heterocycles. The van der Waals surface area contributed by atoms with Crippen LogP contribution in [0.3, 0.4) is 0 Å². The molecule has 4 atom stereocenters. The maximum Gasteiger partial charge on any atom is 0.251 e. The van der Waals surface area contributed by atoms with E-state index in [0.717, 1.165) is 43.9 Å². The highest BCUT2D eigenvalue weighted by molar-refractivity contribution is 5.94. The number of halogens is 2. The molecule has 3 aliphatic heterocycles. The molecule has 4 aliphatic rings. The lowest BCUT2D eigenvalue weighted by Gasteiger charge is -2.29. The standard InChI is InChI=1S/C21H24F2N2O3/c22-14-6-13(7-15(23)8-14)20(27)24-9-16-17-10-25(19(26)5-12-1-2-12)11-21(17)4-3-18(16)28-21/h6-8,12,16-18H,1-5,9-11H2,(H,24,27)/t16-,17+,18+,21+/m0/s1. The normalized spacial score (nSPS) is 33.2. The van der Waals surface area contributed by atoms with Gasteiger partial charge in [0, 0.05) is 43.0 Å². The van der Waals surface area contributed by atoms with E-state index in [-0.39, 0.29) is 35.0 Å². The third-order valence-electron chi connectivity index (χ3n) is 6.92. The number of fused-ring (bicyclic) bond motifs is 1. The number of rotatable bonds is 5. The van der Waals surface area contributed by atoms with Crippen molar-refractivity contribution < 1.29 is 23.1 Å². The molecule has 5 rings (SSSR count). The molecule has 0 radical (unpaired) electrons. The Morgan fingerprint density at radius 3 is 2.64 bits per heavy atom. The lowest BCUT2D eigenvalue weighted by Crippen LogP contribution is -2.41. The third-order valence-corrected chi connectivity index (χ3v) is 6.92. The smallest absolute Gasteiger partial charge is 0.251 e. The summed E-state index contributed by atoms with van der Waals surface area (Å²) in [5.74, 6) is -0.926. The molecule has 150 valence electrons. The summed E-state index contributed by atoms with van der Waals surface area (Å²) < 4.78 is 33.0. The molecule has 0 unspecified atom stereocenters. The SMILES string of the molecule is O=C(NC[C@H]1[C@H]2CN(C(=O)CC3CC3)C[C@]23CC[C@H]1O3)c1cc(F)cc(F)c1. The molecular weight excluding hydrogens is 366 g/mol. The van der Waals surface area contributed by atoms with E-state index in [4.69, 9.17) is 4.74 Å². The fraction of sp³-hybridized carbons (Fsp3) is 0.619. The molecule has 1 spiro atoms. The van der Waals surface area contributed by atoms with Gasteiger partial charge in [-0.15, -0.1) is 0 Å². The number of nitrogens with one attached hydrogen (secondary N) is 1. The molecule has 28 heavy (non-hydrogen) atoms. The van der Waals surface area contributed by atoms with Crippen molar-refractivity contribution in [3.05, 3.63) is 35.4 Å². The molecule has 1 saturated carbocycles. The summed E-state index contributed by atoms with van der Waals surface area (Å²) in [6.07, 6.45) is 4.91. The van der Waals surface area contributed by atoms with Gasteiger partial charge >= 0.3 is 0 Å². The Bertz CT molecular complexity index is 808. The molecule has 3 heterocycles. The van der Waals surface area contributed by atoms with Gasteiger partial charge in [0.2, 0.25) is 5.91 Å². The van der Waals surface area contributed by atoms with Gasteiger partial charge in [-0.3, -0.25) is 9.59 Å². The molecule has 5 nitrogen and oxygen atoms in total. The van der Waals surface area contributed by atoms with Crippen molar-refractivity contribution in [3.63, 3.8) is 0 Å². The van der Waals surface area contributed by atoms with Gasteiger partial charge in [-0.2, -0.15) is 0 Å². The van der Waals surface area contributed by atoms with Gasteiger partial charge in [-0.05, 0) is 43.7 Å². The van der Waals surface area contributed by atoms with Crippen molar-refractivity contribution in [2.45, 2.75) is 43.8 Å². The van der Waals surface area contributed by atoms with E-state index in [1.807, 2.05) is 4.90 Å². The average molecular weight is 390 g/mol. The molecule has 2 amide bonds. The van der Waals surface area contributed by atoms with Crippen molar-refractivity contribution in [2.75, 3.05) is 19.6 Å². The Hall–Kier alpha value is -2.02. The van der Waals surface area contributed by atoms with E-state index in [0.29, 0.717) is 32.0 Å². The van der Waals surface area contributed by atoms with E-state index >= 15 is 0 Å². The second-order valence-corrected chi connectivity index (χ2v) is 8.82. The Morgan fingerprint density at radius 1 is 1.18 bits per heavy atom. The summed E-state index contributed by atoms with van der Waals surface area (Å²) in [4.78, 5) is 26.8. The Kier molecular flexibility index (Phi) is 4.19. The summed E-state index contributed by atoms with van der Waals surface area (Å²) in [6, 6.07) is 2.81. The van der Waals surface area contributed by atoms with Crippen molar-refractivity contribution in [3.8, 4) is 0 Å². The molecule has 1 aromatic rings. The zero-order valence-electron chi connectivity index (χ0n) is 15.6. The molecule has 1 aliphatic carbocycles. The van der Waals surface area contributed by atoms with E-state index in [2.05, 4.69) is 5.32 Å². The van der Waals surface area contributed by atoms with E-state index in [1.165, 1.54) is 0 Å². The minimum absolute atomic E-state index is 0.0241. The summed E-state index contributed by atoms with van der Waals surface area (Å²) >= 11 is 0. The lowest BCUT2D eigenvalue weighted by molar-refractivity contribution is -0.132. The predicted molar refractivity (Wildman–Crippen MR) is 96.4 cm³/mol. The number of carbonyl (C=O) groups is 2. The van der Waals surface area contributed by atoms with E-state index < -0.39 is 17.5 Å². The van der Waals surface area contributed by atoms with Gasteiger partial charge in [0.05, 0.1) is 18.2 Å². The maximum atomic E-state index is 13.4. The van der Waals surface area contributed by atoms with Gasteiger partial charge < -0.3 is 15.0 Å². The Labute approximate surface area is 162 Å². The van der Waals surface area contributed by atoms with Crippen LogP contribution in [0.2, 0.25) is 0 Å². The summed E-state index contributed by atoms with van der Waals surface area (Å²) in [5.41, 5.74) is -0.298. The average Bonchev–Trinajstić information content (AvgIpc) is 3.13. The van der Waals surface area contributed by atoms with Crippen molar-refractivity contribution in [2.24, 2.45) is 17.8 Å². The second-order valence-electron chi connectivity index (χ2n) is 8.82. The van der Waals surface area contributed by atoms with Crippen LogP contribution in [-0.2, 0) is 9.53 Å². The molecule has 1 aromatic carbocycles. The van der Waals surface area contributed by atoms with Gasteiger partial charge in [0.25, 0.3) is 5.91 Å². The van der Waals surface area contributed by atoms with Gasteiger partial charge in [0.15, 0.2) is 0 Å². The van der Waals surface area contributed by atoms with Crippen molar-refractivity contribution in [1.82, 2.24) is 10.2 Å². The van der Waals surface area contributed by atoms with Crippen LogP contribution in [0.4, 0.5) is 8.78 Å². The molecule has 1 N–H and O–H groups in total. The highest BCUT2D eigenvalue weighted by Gasteiger charge is 2.63. The quantitative estimate of drug-likeness (QED) is 0.841. The minimum Gasteiger partial charge on any atom is -0.369 e. The number of ether oxygens (including phenoxy) is 1. The summed E-state index contributed by atoms with van der Waals surface area (Å²) in [5, 5.41) is 2.82. The van der Waals surface area contributed by atoms with Gasteiger partial charge in [-0.1, -0.05) is 0 Å². The van der Waals surface area contributed by atoms with Crippen molar-refractivity contribution in [1.29, 1.82) is 0 Å².